The summed E-state index contributed by atoms with van der Waals surface area (Å²) in [5, 5.41) is 19.4. The molecule has 126 valence electrons. The molecule has 0 amide bonds. The fourth-order valence-corrected chi connectivity index (χ4v) is 3.74. The van der Waals surface area contributed by atoms with Gasteiger partial charge in [-0.2, -0.15) is 10.4 Å². The lowest BCUT2D eigenvalue weighted by atomic mass is 10.3. The molecule has 2 N–H and O–H groups in total. The first-order valence-corrected chi connectivity index (χ1v) is 9.32. The van der Waals surface area contributed by atoms with Gasteiger partial charge in [-0.3, -0.25) is 9.31 Å². The third-order valence-corrected chi connectivity index (χ3v) is 5.68. The molecule has 1 saturated carbocycles. The Labute approximate surface area is 149 Å². The Balaban J connectivity index is 1.64. The zero-order valence-electron chi connectivity index (χ0n) is 12.7. The van der Waals surface area contributed by atoms with E-state index in [2.05, 4.69) is 25.5 Å². The maximum Gasteiger partial charge on any atom is 0.172 e. The SMILES string of the molecule is N#Cc1cc(Nc2cc(C3CC3)[nH]n2)nc(-c2ccc(S(=O)[O-])s2)n1. The van der Waals surface area contributed by atoms with E-state index < -0.39 is 11.1 Å². The predicted molar refractivity (Wildman–Crippen MR) is 91.1 cm³/mol. The third-order valence-electron chi connectivity index (χ3n) is 3.68. The van der Waals surface area contributed by atoms with Crippen molar-refractivity contribution in [3.05, 3.63) is 35.7 Å². The summed E-state index contributed by atoms with van der Waals surface area (Å²) in [5.41, 5.74) is 1.27. The molecule has 1 aliphatic rings. The number of aromatic nitrogens is 4. The van der Waals surface area contributed by atoms with E-state index in [-0.39, 0.29) is 9.90 Å². The van der Waals surface area contributed by atoms with Crippen molar-refractivity contribution in [1.82, 2.24) is 20.2 Å². The minimum Gasteiger partial charge on any atom is -0.768 e. The standard InChI is InChI=1S/C15H12N6O2S2/c16-7-9-5-12(18-13-6-10(20-21-13)8-1-2-8)19-15(17-9)11-3-4-14(24-11)25(22)23/h3-6,8H,1-2H2,(H,22,23)(H2,17,18,19,20,21)/p-1. The van der Waals surface area contributed by atoms with Crippen molar-refractivity contribution >= 4 is 34.1 Å². The molecular weight excluding hydrogens is 360 g/mol. The van der Waals surface area contributed by atoms with Gasteiger partial charge in [-0.25, -0.2) is 9.97 Å². The normalized spacial score (nSPS) is 14.9. The average Bonchev–Trinajstić information content (AvgIpc) is 3.15. The van der Waals surface area contributed by atoms with Crippen LogP contribution in [0.15, 0.2) is 28.5 Å². The average molecular weight is 371 g/mol. The molecule has 10 heteroatoms. The Morgan fingerprint density at radius 3 is 2.84 bits per heavy atom. The number of H-pyrrole nitrogens is 1. The van der Waals surface area contributed by atoms with Gasteiger partial charge in [-0.05, 0) is 36.1 Å². The molecule has 1 fully saturated rings. The van der Waals surface area contributed by atoms with E-state index in [0.717, 1.165) is 17.0 Å². The van der Waals surface area contributed by atoms with Crippen molar-refractivity contribution < 1.29 is 8.76 Å². The Kier molecular flexibility index (Phi) is 4.04. The van der Waals surface area contributed by atoms with Crippen LogP contribution < -0.4 is 5.32 Å². The van der Waals surface area contributed by atoms with Crippen molar-refractivity contribution in [3.8, 4) is 16.8 Å². The van der Waals surface area contributed by atoms with Crippen molar-refractivity contribution in [2.45, 2.75) is 23.0 Å². The lowest BCUT2D eigenvalue weighted by molar-refractivity contribution is 0.539. The molecule has 0 bridgehead atoms. The molecule has 0 spiro atoms. The van der Waals surface area contributed by atoms with E-state index in [0.29, 0.717) is 28.3 Å². The van der Waals surface area contributed by atoms with E-state index in [9.17, 15) is 14.0 Å². The van der Waals surface area contributed by atoms with Crippen LogP contribution in [0.5, 0.6) is 0 Å². The van der Waals surface area contributed by atoms with Crippen LogP contribution in [0.4, 0.5) is 11.6 Å². The molecule has 25 heavy (non-hydrogen) atoms. The van der Waals surface area contributed by atoms with E-state index in [1.54, 1.807) is 6.07 Å². The minimum atomic E-state index is -2.30. The summed E-state index contributed by atoms with van der Waals surface area (Å²) in [6, 6.07) is 8.54. The van der Waals surface area contributed by atoms with Crippen molar-refractivity contribution in [1.29, 1.82) is 5.26 Å². The molecule has 0 aromatic carbocycles. The zero-order valence-corrected chi connectivity index (χ0v) is 14.4. The molecule has 1 atom stereocenters. The number of anilines is 2. The second-order valence-corrected chi connectivity index (χ2v) is 7.79. The molecule has 1 unspecified atom stereocenters. The molecular formula is C15H11N6O2S2-. The van der Waals surface area contributed by atoms with Crippen LogP contribution in [0, 0.1) is 11.3 Å². The van der Waals surface area contributed by atoms with Gasteiger partial charge in [-0.15, -0.1) is 11.3 Å². The van der Waals surface area contributed by atoms with Crippen LogP contribution >= 0.6 is 11.3 Å². The van der Waals surface area contributed by atoms with Crippen molar-refractivity contribution in [3.63, 3.8) is 0 Å². The van der Waals surface area contributed by atoms with Crippen LogP contribution in [0.3, 0.4) is 0 Å². The van der Waals surface area contributed by atoms with Gasteiger partial charge in [0.2, 0.25) is 0 Å². The molecule has 4 rings (SSSR count). The highest BCUT2D eigenvalue weighted by Gasteiger charge is 2.25. The first kappa shape index (κ1) is 15.9. The summed E-state index contributed by atoms with van der Waals surface area (Å²) in [4.78, 5) is 9.09. The summed E-state index contributed by atoms with van der Waals surface area (Å²) < 4.78 is 22.3. The fraction of sp³-hybridized carbons (Fsp3) is 0.200. The molecule has 3 aromatic rings. The van der Waals surface area contributed by atoms with Gasteiger partial charge in [0, 0.05) is 23.7 Å². The zero-order chi connectivity index (χ0) is 17.4. The Hall–Kier alpha value is -2.61. The van der Waals surface area contributed by atoms with Gasteiger partial charge in [0.25, 0.3) is 0 Å². The molecule has 0 saturated heterocycles. The van der Waals surface area contributed by atoms with Gasteiger partial charge in [0.05, 0.1) is 9.09 Å². The highest BCUT2D eigenvalue weighted by molar-refractivity contribution is 7.81. The largest absolute Gasteiger partial charge is 0.768 e. The predicted octanol–water partition coefficient (Wildman–Crippen LogP) is 2.66. The lowest BCUT2D eigenvalue weighted by Crippen LogP contribution is -1.99. The Morgan fingerprint density at radius 2 is 2.16 bits per heavy atom. The number of hydrogen-bond acceptors (Lipinski definition) is 8. The second kappa shape index (κ2) is 6.36. The quantitative estimate of drug-likeness (QED) is 0.659. The van der Waals surface area contributed by atoms with Gasteiger partial charge >= 0.3 is 0 Å². The smallest absolute Gasteiger partial charge is 0.172 e. The molecule has 3 aromatic heterocycles. The van der Waals surface area contributed by atoms with Crippen LogP contribution in [0.2, 0.25) is 0 Å². The first-order valence-electron chi connectivity index (χ1n) is 7.43. The molecule has 3 heterocycles. The number of nitriles is 1. The number of nitrogens with one attached hydrogen (secondary N) is 2. The summed E-state index contributed by atoms with van der Waals surface area (Å²) >= 11 is -1.26. The van der Waals surface area contributed by atoms with Crippen LogP contribution in [0.25, 0.3) is 10.7 Å². The number of aromatic amines is 1. The monoisotopic (exact) mass is 371 g/mol. The first-order chi connectivity index (χ1) is 12.1. The van der Waals surface area contributed by atoms with Gasteiger partial charge < -0.3 is 9.87 Å². The highest BCUT2D eigenvalue weighted by Crippen LogP contribution is 2.39. The van der Waals surface area contributed by atoms with Crippen LogP contribution in [-0.2, 0) is 11.1 Å². The molecule has 1 aliphatic carbocycles. The second-order valence-electron chi connectivity index (χ2n) is 5.54. The van der Waals surface area contributed by atoms with E-state index in [1.165, 1.54) is 25.0 Å². The van der Waals surface area contributed by atoms with Crippen molar-refractivity contribution in [2.75, 3.05) is 5.32 Å². The highest BCUT2D eigenvalue weighted by atomic mass is 32.2. The Morgan fingerprint density at radius 1 is 1.32 bits per heavy atom. The number of rotatable bonds is 5. The number of hydrogen-bond donors (Lipinski definition) is 2. The van der Waals surface area contributed by atoms with E-state index in [1.807, 2.05) is 12.1 Å². The summed E-state index contributed by atoms with van der Waals surface area (Å²) in [6.45, 7) is 0. The third kappa shape index (κ3) is 3.43. The maximum atomic E-state index is 11.0. The summed E-state index contributed by atoms with van der Waals surface area (Å²) in [6.07, 6.45) is 2.33. The van der Waals surface area contributed by atoms with Gasteiger partial charge in [0.15, 0.2) is 11.6 Å². The van der Waals surface area contributed by atoms with Gasteiger partial charge in [0.1, 0.15) is 17.6 Å². The number of nitrogens with zero attached hydrogens (tertiary/aromatic N) is 4. The summed E-state index contributed by atoms with van der Waals surface area (Å²) in [5.74, 6) is 1.88. The molecule has 8 nitrogen and oxygen atoms in total. The summed E-state index contributed by atoms with van der Waals surface area (Å²) in [7, 11) is 0. The van der Waals surface area contributed by atoms with Gasteiger partial charge in [-0.1, -0.05) is 0 Å². The van der Waals surface area contributed by atoms with E-state index in [4.69, 9.17) is 0 Å². The number of thiophene rings is 1. The maximum absolute atomic E-state index is 11.0. The van der Waals surface area contributed by atoms with E-state index >= 15 is 0 Å². The molecule has 0 aliphatic heterocycles. The minimum absolute atomic E-state index is 0.184. The molecule has 0 radical (unpaired) electrons. The fourth-order valence-electron chi connectivity index (χ4n) is 2.34. The Bertz CT molecular complexity index is 1000. The van der Waals surface area contributed by atoms with Crippen LogP contribution in [-0.4, -0.2) is 28.9 Å². The lowest BCUT2D eigenvalue weighted by Gasteiger charge is -2.04. The van der Waals surface area contributed by atoms with Crippen LogP contribution in [0.1, 0.15) is 30.1 Å². The topological polar surface area (TPSA) is 130 Å². The van der Waals surface area contributed by atoms with Crippen molar-refractivity contribution in [2.24, 2.45) is 0 Å².